The first-order valence-corrected chi connectivity index (χ1v) is 9.20. The summed E-state index contributed by atoms with van der Waals surface area (Å²) in [7, 11) is 1.46. The third-order valence-corrected chi connectivity index (χ3v) is 6.14. The fraction of sp³-hybridized carbons (Fsp3) is 0.529. The van der Waals surface area contributed by atoms with Crippen molar-refractivity contribution in [3.63, 3.8) is 0 Å². The number of nitrogens with zero attached hydrogens (tertiary/aromatic N) is 3. The number of aromatic nitrogens is 2. The number of hydrogen-bond donors (Lipinski definition) is 1. The van der Waals surface area contributed by atoms with Gasteiger partial charge in [-0.05, 0) is 47.3 Å². The van der Waals surface area contributed by atoms with E-state index in [1.54, 1.807) is 6.92 Å². The van der Waals surface area contributed by atoms with Crippen LogP contribution in [0.1, 0.15) is 24.0 Å². The zero-order chi connectivity index (χ0) is 18.6. The number of anilines is 1. The monoisotopic (exact) mass is 430 g/mol. The highest BCUT2D eigenvalue weighted by Gasteiger charge is 2.37. The van der Waals surface area contributed by atoms with Crippen molar-refractivity contribution in [3.05, 3.63) is 21.7 Å². The summed E-state index contributed by atoms with van der Waals surface area (Å²) >= 11 is 3.09. The van der Waals surface area contributed by atoms with Gasteiger partial charge in [0.2, 0.25) is 0 Å². The fourth-order valence-electron chi connectivity index (χ4n) is 3.88. The number of ether oxygens (including phenoxy) is 1. The lowest BCUT2D eigenvalue weighted by Crippen LogP contribution is -2.51. The van der Waals surface area contributed by atoms with E-state index in [4.69, 9.17) is 4.74 Å². The normalized spacial score (nSPS) is 22.9. The molecule has 0 radical (unpaired) electrons. The number of hydrogen-bond acceptors (Lipinski definition) is 5. The highest BCUT2D eigenvalue weighted by atomic mass is 79.9. The second-order valence-corrected chi connectivity index (χ2v) is 7.63. The highest BCUT2D eigenvalue weighted by molar-refractivity contribution is 9.10. The summed E-state index contributed by atoms with van der Waals surface area (Å²) in [6, 6.07) is 1.98. The molecule has 2 fully saturated rings. The molecule has 1 aromatic heterocycles. The van der Waals surface area contributed by atoms with Crippen LogP contribution >= 0.6 is 15.9 Å². The van der Waals surface area contributed by atoms with E-state index in [0.29, 0.717) is 47.5 Å². The van der Waals surface area contributed by atoms with Crippen molar-refractivity contribution in [2.24, 2.45) is 0 Å². The molecule has 26 heavy (non-hydrogen) atoms. The Morgan fingerprint density at radius 1 is 1.23 bits per heavy atom. The molecule has 2 bridgehead atoms. The molecular formula is C17H18BrF3N4O. The van der Waals surface area contributed by atoms with E-state index in [-0.39, 0.29) is 10.5 Å². The van der Waals surface area contributed by atoms with Crippen LogP contribution in [0.4, 0.5) is 19.0 Å². The summed E-state index contributed by atoms with van der Waals surface area (Å²) in [6.07, 6.45) is -2.32. The smallest absolute Gasteiger partial charge is 0.417 e. The second kappa shape index (κ2) is 6.23. The number of fused-ring (bicyclic) bond motifs is 3. The molecule has 9 heteroatoms. The van der Waals surface area contributed by atoms with Crippen LogP contribution in [-0.4, -0.2) is 42.3 Å². The van der Waals surface area contributed by atoms with Crippen LogP contribution in [-0.2, 0) is 6.18 Å². The van der Waals surface area contributed by atoms with Gasteiger partial charge in [0.1, 0.15) is 5.82 Å². The Bertz CT molecular complexity index is 861. The second-order valence-electron chi connectivity index (χ2n) is 6.83. The average Bonchev–Trinajstić information content (AvgIpc) is 2.94. The van der Waals surface area contributed by atoms with E-state index < -0.39 is 11.7 Å². The lowest BCUT2D eigenvalue weighted by atomic mass is 10.0. The van der Waals surface area contributed by atoms with Crippen molar-refractivity contribution in [3.8, 4) is 6.01 Å². The Kier molecular flexibility index (Phi) is 4.26. The number of alkyl halides is 3. The van der Waals surface area contributed by atoms with Crippen LogP contribution < -0.4 is 15.0 Å². The first kappa shape index (κ1) is 17.8. The third-order valence-electron chi connectivity index (χ3n) is 5.12. The third kappa shape index (κ3) is 2.90. The number of rotatable bonds is 2. The summed E-state index contributed by atoms with van der Waals surface area (Å²) in [5.74, 6) is 0.506. The number of halogens is 4. The van der Waals surface area contributed by atoms with Crippen LogP contribution in [0.25, 0.3) is 10.9 Å². The molecule has 2 atom stereocenters. The Morgan fingerprint density at radius 3 is 2.46 bits per heavy atom. The molecule has 1 N–H and O–H groups in total. The largest absolute Gasteiger partial charge is 0.467 e. The lowest BCUT2D eigenvalue weighted by molar-refractivity contribution is -0.138. The molecule has 4 rings (SSSR count). The maximum atomic E-state index is 13.5. The van der Waals surface area contributed by atoms with E-state index in [2.05, 4.69) is 36.1 Å². The number of benzene rings is 1. The maximum Gasteiger partial charge on any atom is 0.417 e. The number of nitrogens with one attached hydrogen (secondary N) is 1. The quantitative estimate of drug-likeness (QED) is 0.787. The van der Waals surface area contributed by atoms with Crippen molar-refractivity contribution >= 4 is 32.7 Å². The molecule has 3 heterocycles. The van der Waals surface area contributed by atoms with Crippen LogP contribution in [0.2, 0.25) is 0 Å². The van der Waals surface area contributed by atoms with Gasteiger partial charge < -0.3 is 15.0 Å². The zero-order valence-electron chi connectivity index (χ0n) is 14.3. The van der Waals surface area contributed by atoms with Gasteiger partial charge in [-0.1, -0.05) is 0 Å². The van der Waals surface area contributed by atoms with Gasteiger partial charge >= 0.3 is 12.2 Å². The number of methoxy groups -OCH3 is 1. The van der Waals surface area contributed by atoms with E-state index >= 15 is 0 Å². The van der Waals surface area contributed by atoms with Crippen LogP contribution in [0.15, 0.2) is 10.5 Å². The van der Waals surface area contributed by atoms with Gasteiger partial charge in [-0.3, -0.25) is 0 Å². The van der Waals surface area contributed by atoms with Crippen molar-refractivity contribution in [1.29, 1.82) is 0 Å². The van der Waals surface area contributed by atoms with E-state index in [1.807, 2.05) is 0 Å². The minimum absolute atomic E-state index is 0.00424. The summed E-state index contributed by atoms with van der Waals surface area (Å²) in [5.41, 5.74) is 0.183. The molecular weight excluding hydrogens is 413 g/mol. The average molecular weight is 431 g/mol. The Labute approximate surface area is 157 Å². The lowest BCUT2D eigenvalue weighted by Gasteiger charge is -2.34. The van der Waals surface area contributed by atoms with Gasteiger partial charge in [0.05, 0.1) is 18.2 Å². The van der Waals surface area contributed by atoms with Gasteiger partial charge in [0.15, 0.2) is 0 Å². The maximum absolute atomic E-state index is 13.5. The molecule has 0 amide bonds. The minimum Gasteiger partial charge on any atom is -0.467 e. The first-order chi connectivity index (χ1) is 12.3. The van der Waals surface area contributed by atoms with Gasteiger partial charge in [0, 0.05) is 35.0 Å². The molecule has 5 nitrogen and oxygen atoms in total. The summed E-state index contributed by atoms with van der Waals surface area (Å²) in [4.78, 5) is 10.8. The summed E-state index contributed by atoms with van der Waals surface area (Å²) in [5, 5.41) is 3.92. The van der Waals surface area contributed by atoms with E-state index in [0.717, 1.165) is 18.9 Å². The molecule has 2 aliphatic rings. The van der Waals surface area contributed by atoms with Crippen molar-refractivity contribution in [2.45, 2.75) is 38.0 Å². The molecule has 140 valence electrons. The van der Waals surface area contributed by atoms with E-state index in [9.17, 15) is 13.2 Å². The first-order valence-electron chi connectivity index (χ1n) is 8.41. The van der Waals surface area contributed by atoms with Gasteiger partial charge in [-0.15, -0.1) is 0 Å². The van der Waals surface area contributed by atoms with E-state index in [1.165, 1.54) is 7.11 Å². The van der Waals surface area contributed by atoms with Gasteiger partial charge in [0.25, 0.3) is 0 Å². The molecule has 0 saturated carbocycles. The fourth-order valence-corrected chi connectivity index (χ4v) is 4.41. The topological polar surface area (TPSA) is 50.3 Å². The van der Waals surface area contributed by atoms with Crippen molar-refractivity contribution in [2.75, 3.05) is 25.1 Å². The molecule has 2 aliphatic heterocycles. The van der Waals surface area contributed by atoms with Crippen molar-refractivity contribution < 1.29 is 17.9 Å². The SMILES string of the molecule is COc1nc(N2CC3CCC(C2)N3)c2cc(C(F)(F)F)c(Br)c(C)c2n1. The summed E-state index contributed by atoms with van der Waals surface area (Å²) < 4.78 is 45.7. The zero-order valence-corrected chi connectivity index (χ0v) is 15.9. The minimum atomic E-state index is -4.46. The Morgan fingerprint density at radius 2 is 1.88 bits per heavy atom. The number of aryl methyl sites for hydroxylation is 1. The molecule has 2 aromatic rings. The molecule has 1 aromatic carbocycles. The predicted molar refractivity (Wildman–Crippen MR) is 95.7 cm³/mol. The van der Waals surface area contributed by atoms with Crippen LogP contribution in [0.5, 0.6) is 6.01 Å². The molecule has 0 aliphatic carbocycles. The molecule has 0 spiro atoms. The van der Waals surface area contributed by atoms with Gasteiger partial charge in [-0.2, -0.15) is 23.1 Å². The van der Waals surface area contributed by atoms with Crippen LogP contribution in [0, 0.1) is 6.92 Å². The molecule has 2 unspecified atom stereocenters. The van der Waals surface area contributed by atoms with Crippen molar-refractivity contribution in [1.82, 2.24) is 15.3 Å². The predicted octanol–water partition coefficient (Wildman–Crippen LogP) is 3.67. The standard InChI is InChI=1S/C17H18BrF3N4O/c1-8-13(18)12(17(19,20)21)5-11-14(8)23-16(26-2)24-15(11)25-6-9-3-4-10(7-25)22-9/h5,9-10,22H,3-4,6-7H2,1-2H3. The Hall–Kier alpha value is -1.61. The Balaban J connectivity index is 1.94. The molecule has 2 saturated heterocycles. The highest BCUT2D eigenvalue weighted by Crippen LogP contribution is 2.42. The summed E-state index contributed by atoms with van der Waals surface area (Å²) in [6.45, 7) is 3.05. The van der Waals surface area contributed by atoms with Crippen LogP contribution in [0.3, 0.4) is 0 Å². The van der Waals surface area contributed by atoms with Gasteiger partial charge in [-0.25, -0.2) is 0 Å². The number of piperazine rings is 1.